The summed E-state index contributed by atoms with van der Waals surface area (Å²) in [4.78, 5) is 13.7. The molecule has 0 aliphatic carbocycles. The summed E-state index contributed by atoms with van der Waals surface area (Å²) >= 11 is 0. The van der Waals surface area contributed by atoms with Gasteiger partial charge in [0.05, 0.1) is 11.1 Å². The lowest BCUT2D eigenvalue weighted by Crippen LogP contribution is -2.53. The number of carbonyl (C=O) groups is 1. The standard InChI is InChI=1S/C11H22N2O2/c1-4-5-11(3,12)9(14)13-7-6-10(2,15)8-13/h15H,4-8,12H2,1-3H3. The molecule has 2 unspecified atom stereocenters. The van der Waals surface area contributed by atoms with Crippen LogP contribution in [0.4, 0.5) is 0 Å². The molecule has 4 heteroatoms. The highest BCUT2D eigenvalue weighted by Crippen LogP contribution is 2.23. The highest BCUT2D eigenvalue weighted by atomic mass is 16.3. The Labute approximate surface area is 91.4 Å². The van der Waals surface area contributed by atoms with Crippen molar-refractivity contribution in [3.63, 3.8) is 0 Å². The summed E-state index contributed by atoms with van der Waals surface area (Å²) in [6.45, 7) is 6.56. The quantitative estimate of drug-likeness (QED) is 0.718. The molecule has 1 amide bonds. The molecule has 3 N–H and O–H groups in total. The second kappa shape index (κ2) is 4.10. The smallest absolute Gasteiger partial charge is 0.242 e. The Kier molecular flexibility index (Phi) is 3.41. The van der Waals surface area contributed by atoms with Crippen LogP contribution in [0.2, 0.25) is 0 Å². The average Bonchev–Trinajstić information content (AvgIpc) is 2.44. The van der Waals surface area contributed by atoms with Gasteiger partial charge in [0.25, 0.3) is 0 Å². The van der Waals surface area contributed by atoms with Gasteiger partial charge in [-0.2, -0.15) is 0 Å². The van der Waals surface area contributed by atoms with Crippen LogP contribution in [0.25, 0.3) is 0 Å². The van der Waals surface area contributed by atoms with Gasteiger partial charge in [-0.15, -0.1) is 0 Å². The molecule has 0 bridgehead atoms. The van der Waals surface area contributed by atoms with Gasteiger partial charge in [-0.25, -0.2) is 0 Å². The van der Waals surface area contributed by atoms with Crippen molar-refractivity contribution in [1.82, 2.24) is 4.90 Å². The molecule has 15 heavy (non-hydrogen) atoms. The third kappa shape index (κ3) is 2.92. The van der Waals surface area contributed by atoms with E-state index in [1.165, 1.54) is 0 Å². The minimum atomic E-state index is -0.783. The van der Waals surface area contributed by atoms with Crippen molar-refractivity contribution in [3.05, 3.63) is 0 Å². The van der Waals surface area contributed by atoms with E-state index in [0.29, 0.717) is 25.9 Å². The highest BCUT2D eigenvalue weighted by Gasteiger charge is 2.39. The molecular weight excluding hydrogens is 192 g/mol. The molecule has 2 atom stereocenters. The fourth-order valence-corrected chi connectivity index (χ4v) is 2.11. The minimum absolute atomic E-state index is 0.0397. The number of hydrogen-bond acceptors (Lipinski definition) is 3. The van der Waals surface area contributed by atoms with Crippen molar-refractivity contribution in [1.29, 1.82) is 0 Å². The van der Waals surface area contributed by atoms with E-state index in [-0.39, 0.29) is 5.91 Å². The van der Waals surface area contributed by atoms with Crippen LogP contribution in [0.15, 0.2) is 0 Å². The summed E-state index contributed by atoms with van der Waals surface area (Å²) in [7, 11) is 0. The molecular formula is C11H22N2O2. The van der Waals surface area contributed by atoms with E-state index in [0.717, 1.165) is 6.42 Å². The normalized spacial score (nSPS) is 30.3. The SMILES string of the molecule is CCCC(C)(N)C(=O)N1CCC(C)(O)C1. The zero-order valence-electron chi connectivity index (χ0n) is 9.92. The summed E-state index contributed by atoms with van der Waals surface area (Å²) in [5, 5.41) is 9.77. The lowest BCUT2D eigenvalue weighted by atomic mass is 9.96. The maximum Gasteiger partial charge on any atom is 0.242 e. The number of aliphatic hydroxyl groups is 1. The highest BCUT2D eigenvalue weighted by molar-refractivity contribution is 5.86. The van der Waals surface area contributed by atoms with E-state index < -0.39 is 11.1 Å². The largest absolute Gasteiger partial charge is 0.388 e. The summed E-state index contributed by atoms with van der Waals surface area (Å²) in [5.41, 5.74) is 4.45. The van der Waals surface area contributed by atoms with Crippen molar-refractivity contribution in [2.24, 2.45) is 5.73 Å². The first-order valence-corrected chi connectivity index (χ1v) is 5.59. The summed E-state index contributed by atoms with van der Waals surface area (Å²) in [6.07, 6.45) is 2.22. The first-order valence-electron chi connectivity index (χ1n) is 5.59. The molecule has 0 spiro atoms. The monoisotopic (exact) mass is 214 g/mol. The number of hydrogen-bond donors (Lipinski definition) is 2. The van der Waals surface area contributed by atoms with E-state index in [9.17, 15) is 9.90 Å². The zero-order valence-corrected chi connectivity index (χ0v) is 9.92. The number of rotatable bonds is 3. The van der Waals surface area contributed by atoms with Gasteiger partial charge in [0.2, 0.25) is 5.91 Å². The molecule has 1 aliphatic rings. The third-order valence-electron chi connectivity index (χ3n) is 3.00. The number of nitrogens with zero attached hydrogens (tertiary/aromatic N) is 1. The summed E-state index contributed by atoms with van der Waals surface area (Å²) in [5.74, 6) is -0.0397. The molecule has 1 aliphatic heterocycles. The molecule has 0 aromatic rings. The first kappa shape index (κ1) is 12.5. The molecule has 0 radical (unpaired) electrons. The van der Waals surface area contributed by atoms with Crippen LogP contribution < -0.4 is 5.73 Å². The number of likely N-dealkylation sites (tertiary alicyclic amines) is 1. The van der Waals surface area contributed by atoms with Crippen LogP contribution in [0.1, 0.15) is 40.0 Å². The molecule has 0 aromatic heterocycles. The predicted octanol–water partition coefficient (Wildman–Crippen LogP) is 0.487. The van der Waals surface area contributed by atoms with Crippen LogP contribution in [0.5, 0.6) is 0 Å². The average molecular weight is 214 g/mol. The van der Waals surface area contributed by atoms with Crippen LogP contribution in [0, 0.1) is 0 Å². The van der Waals surface area contributed by atoms with Gasteiger partial charge in [-0.1, -0.05) is 13.3 Å². The van der Waals surface area contributed by atoms with Gasteiger partial charge >= 0.3 is 0 Å². The van der Waals surface area contributed by atoms with Crippen molar-refractivity contribution < 1.29 is 9.90 Å². The van der Waals surface area contributed by atoms with Crippen LogP contribution in [-0.4, -0.2) is 40.1 Å². The fraction of sp³-hybridized carbons (Fsp3) is 0.909. The van der Waals surface area contributed by atoms with Crippen molar-refractivity contribution in [2.75, 3.05) is 13.1 Å². The molecule has 1 saturated heterocycles. The Morgan fingerprint density at radius 3 is 2.67 bits per heavy atom. The lowest BCUT2D eigenvalue weighted by molar-refractivity contribution is -0.136. The Balaban J connectivity index is 2.62. The van der Waals surface area contributed by atoms with E-state index >= 15 is 0 Å². The van der Waals surface area contributed by atoms with Gasteiger partial charge in [-0.05, 0) is 26.7 Å². The van der Waals surface area contributed by atoms with Gasteiger partial charge in [0.15, 0.2) is 0 Å². The second-order valence-corrected chi connectivity index (χ2v) is 5.14. The molecule has 0 aromatic carbocycles. The molecule has 1 rings (SSSR count). The Morgan fingerprint density at radius 1 is 1.67 bits per heavy atom. The van der Waals surface area contributed by atoms with Crippen molar-refractivity contribution >= 4 is 5.91 Å². The molecule has 88 valence electrons. The van der Waals surface area contributed by atoms with Gasteiger partial charge in [0, 0.05) is 13.1 Å². The first-order chi connectivity index (χ1) is 6.78. The predicted molar refractivity (Wildman–Crippen MR) is 59.3 cm³/mol. The maximum atomic E-state index is 12.0. The molecule has 1 fully saturated rings. The van der Waals surface area contributed by atoms with Crippen molar-refractivity contribution in [3.8, 4) is 0 Å². The van der Waals surface area contributed by atoms with E-state index in [4.69, 9.17) is 5.73 Å². The summed E-state index contributed by atoms with van der Waals surface area (Å²) < 4.78 is 0. The molecule has 0 saturated carbocycles. The number of nitrogens with two attached hydrogens (primary N) is 1. The van der Waals surface area contributed by atoms with Crippen LogP contribution in [-0.2, 0) is 4.79 Å². The van der Waals surface area contributed by atoms with E-state index in [1.54, 1.807) is 18.7 Å². The molecule has 1 heterocycles. The number of carbonyl (C=O) groups excluding carboxylic acids is 1. The topological polar surface area (TPSA) is 66.6 Å². The van der Waals surface area contributed by atoms with E-state index in [1.807, 2.05) is 6.92 Å². The Bertz CT molecular complexity index is 249. The lowest BCUT2D eigenvalue weighted by Gasteiger charge is -2.29. The molecule has 4 nitrogen and oxygen atoms in total. The number of amides is 1. The van der Waals surface area contributed by atoms with Crippen LogP contribution >= 0.6 is 0 Å². The summed E-state index contributed by atoms with van der Waals surface area (Å²) in [6, 6.07) is 0. The second-order valence-electron chi connectivity index (χ2n) is 5.14. The van der Waals surface area contributed by atoms with Gasteiger partial charge in [0.1, 0.15) is 0 Å². The zero-order chi connectivity index (χ0) is 11.7. The minimum Gasteiger partial charge on any atom is -0.388 e. The van der Waals surface area contributed by atoms with Gasteiger partial charge < -0.3 is 15.7 Å². The Hall–Kier alpha value is -0.610. The van der Waals surface area contributed by atoms with Gasteiger partial charge in [-0.3, -0.25) is 4.79 Å². The van der Waals surface area contributed by atoms with E-state index in [2.05, 4.69) is 0 Å². The van der Waals surface area contributed by atoms with Crippen molar-refractivity contribution in [2.45, 2.75) is 51.2 Å². The third-order valence-corrected chi connectivity index (χ3v) is 3.00. The fourth-order valence-electron chi connectivity index (χ4n) is 2.11. The number of β-amino-alcohol motifs (C(OH)–C–C–N with tert-alkyl or cyclic N) is 1. The van der Waals surface area contributed by atoms with Crippen LogP contribution in [0.3, 0.4) is 0 Å². The maximum absolute atomic E-state index is 12.0. The Morgan fingerprint density at radius 2 is 2.27 bits per heavy atom.